The summed E-state index contributed by atoms with van der Waals surface area (Å²) in [4.78, 5) is 15.4. The Kier molecular flexibility index (Phi) is 2.62. The van der Waals surface area contributed by atoms with E-state index < -0.39 is 0 Å². The van der Waals surface area contributed by atoms with Gasteiger partial charge in [0.1, 0.15) is 0 Å². The predicted octanol–water partition coefficient (Wildman–Crippen LogP) is 1.63. The Balaban J connectivity index is 1.42. The van der Waals surface area contributed by atoms with Crippen LogP contribution < -0.4 is 5.32 Å². The lowest BCUT2D eigenvalue weighted by atomic mass is 9.65. The van der Waals surface area contributed by atoms with Crippen LogP contribution in [0.25, 0.3) is 10.9 Å². The Morgan fingerprint density at radius 1 is 1.23 bits per heavy atom. The molecule has 2 N–H and O–H groups in total. The van der Waals surface area contributed by atoms with Crippen molar-refractivity contribution in [2.75, 3.05) is 19.6 Å². The van der Waals surface area contributed by atoms with Gasteiger partial charge in [0, 0.05) is 31.1 Å². The molecular formula is C17H20N4O. The second-order valence-electron chi connectivity index (χ2n) is 7.21. The largest absolute Gasteiger partial charge is 0.349 e. The molecule has 5 nitrogen and oxygen atoms in total. The lowest BCUT2D eigenvalue weighted by Gasteiger charge is -2.55. The highest BCUT2D eigenvalue weighted by Gasteiger charge is 2.47. The average Bonchev–Trinajstić information content (AvgIpc) is 2.98. The Morgan fingerprint density at radius 2 is 2.05 bits per heavy atom. The number of hydrogen-bond donors (Lipinski definition) is 2. The zero-order valence-electron chi connectivity index (χ0n) is 12.5. The van der Waals surface area contributed by atoms with Crippen LogP contribution in [0.5, 0.6) is 0 Å². The highest BCUT2D eigenvalue weighted by atomic mass is 16.1. The topological polar surface area (TPSA) is 61.0 Å². The van der Waals surface area contributed by atoms with Crippen molar-refractivity contribution in [3.05, 3.63) is 30.0 Å². The minimum Gasteiger partial charge on any atom is -0.349 e. The molecule has 5 heteroatoms. The Labute approximate surface area is 129 Å². The molecule has 4 heterocycles. The van der Waals surface area contributed by atoms with Crippen molar-refractivity contribution in [2.24, 2.45) is 17.8 Å². The molecule has 1 amide bonds. The van der Waals surface area contributed by atoms with E-state index in [-0.39, 0.29) is 5.91 Å². The van der Waals surface area contributed by atoms with E-state index in [0.717, 1.165) is 35.5 Å². The molecule has 1 aliphatic carbocycles. The number of hydrogen-bond acceptors (Lipinski definition) is 3. The van der Waals surface area contributed by atoms with Gasteiger partial charge in [0.2, 0.25) is 0 Å². The smallest absolute Gasteiger partial charge is 0.252 e. The van der Waals surface area contributed by atoms with Crippen LogP contribution in [0.2, 0.25) is 0 Å². The Bertz CT molecular complexity index is 709. The summed E-state index contributed by atoms with van der Waals surface area (Å²) in [6.07, 6.45) is 4.31. The third kappa shape index (κ3) is 1.81. The molecule has 3 aliphatic heterocycles. The number of amides is 1. The number of carbonyl (C=O) groups is 1. The second-order valence-corrected chi connectivity index (χ2v) is 7.21. The fourth-order valence-electron chi connectivity index (χ4n) is 5.04. The van der Waals surface area contributed by atoms with Gasteiger partial charge in [-0.1, -0.05) is 6.07 Å². The number of nitrogens with zero attached hydrogens (tertiary/aromatic N) is 2. The number of nitrogens with one attached hydrogen (secondary N) is 2. The van der Waals surface area contributed by atoms with E-state index in [2.05, 4.69) is 20.4 Å². The maximum atomic E-state index is 12.8. The third-order valence-corrected chi connectivity index (χ3v) is 5.82. The highest BCUT2D eigenvalue weighted by Crippen LogP contribution is 2.43. The summed E-state index contributed by atoms with van der Waals surface area (Å²) >= 11 is 0. The van der Waals surface area contributed by atoms with Crippen LogP contribution in [-0.4, -0.2) is 46.7 Å². The van der Waals surface area contributed by atoms with Crippen molar-refractivity contribution in [3.63, 3.8) is 0 Å². The molecule has 6 rings (SSSR count). The molecule has 114 valence electrons. The summed E-state index contributed by atoms with van der Waals surface area (Å²) in [6.45, 7) is 3.60. The van der Waals surface area contributed by atoms with Crippen LogP contribution in [0.1, 0.15) is 23.2 Å². The Hall–Kier alpha value is -1.88. The fourth-order valence-corrected chi connectivity index (χ4v) is 5.04. The molecule has 3 saturated heterocycles. The maximum absolute atomic E-state index is 12.8. The van der Waals surface area contributed by atoms with Crippen LogP contribution in [0.3, 0.4) is 0 Å². The number of benzene rings is 1. The molecule has 22 heavy (non-hydrogen) atoms. The number of aromatic nitrogens is 2. The number of rotatable bonds is 2. The van der Waals surface area contributed by atoms with E-state index in [0.29, 0.717) is 17.9 Å². The molecule has 1 aromatic carbocycles. The van der Waals surface area contributed by atoms with Crippen molar-refractivity contribution in [1.29, 1.82) is 0 Å². The number of H-pyrrole nitrogens is 1. The summed E-state index contributed by atoms with van der Waals surface area (Å²) in [5, 5.41) is 11.2. The summed E-state index contributed by atoms with van der Waals surface area (Å²) < 4.78 is 0. The van der Waals surface area contributed by atoms with Crippen LogP contribution in [0, 0.1) is 17.8 Å². The van der Waals surface area contributed by atoms with Gasteiger partial charge in [-0.15, -0.1) is 0 Å². The first kappa shape index (κ1) is 12.6. The first-order chi connectivity index (χ1) is 10.8. The van der Waals surface area contributed by atoms with Crippen LogP contribution in [0.15, 0.2) is 24.4 Å². The first-order valence-electron chi connectivity index (χ1n) is 8.23. The van der Waals surface area contributed by atoms with E-state index in [1.807, 2.05) is 18.2 Å². The van der Waals surface area contributed by atoms with Gasteiger partial charge in [0.05, 0.1) is 17.3 Å². The van der Waals surface area contributed by atoms with Crippen LogP contribution >= 0.6 is 0 Å². The van der Waals surface area contributed by atoms with E-state index >= 15 is 0 Å². The molecule has 2 unspecified atom stereocenters. The number of aromatic amines is 1. The molecule has 0 spiro atoms. The van der Waals surface area contributed by atoms with Crippen molar-refractivity contribution >= 4 is 16.8 Å². The number of fused-ring (bicyclic) bond motifs is 1. The van der Waals surface area contributed by atoms with E-state index in [1.54, 1.807) is 6.20 Å². The molecule has 4 aliphatic rings. The number of piperidine rings is 3. The van der Waals surface area contributed by atoms with Gasteiger partial charge >= 0.3 is 0 Å². The molecule has 1 saturated carbocycles. The van der Waals surface area contributed by atoms with E-state index in [9.17, 15) is 4.79 Å². The van der Waals surface area contributed by atoms with E-state index in [4.69, 9.17) is 0 Å². The van der Waals surface area contributed by atoms with Gasteiger partial charge in [0.15, 0.2) is 0 Å². The first-order valence-corrected chi connectivity index (χ1v) is 8.23. The van der Waals surface area contributed by atoms with Crippen molar-refractivity contribution in [1.82, 2.24) is 20.4 Å². The molecule has 4 fully saturated rings. The van der Waals surface area contributed by atoms with E-state index in [1.165, 1.54) is 19.4 Å². The maximum Gasteiger partial charge on any atom is 0.252 e. The zero-order valence-corrected chi connectivity index (χ0v) is 12.5. The van der Waals surface area contributed by atoms with Crippen LogP contribution in [-0.2, 0) is 0 Å². The minimum absolute atomic E-state index is 0.0551. The molecule has 0 radical (unpaired) electrons. The van der Waals surface area contributed by atoms with Gasteiger partial charge in [-0.3, -0.25) is 9.89 Å². The quantitative estimate of drug-likeness (QED) is 0.885. The van der Waals surface area contributed by atoms with Crippen LogP contribution in [0.4, 0.5) is 0 Å². The van der Waals surface area contributed by atoms with Gasteiger partial charge in [0.25, 0.3) is 5.91 Å². The third-order valence-electron chi connectivity index (χ3n) is 5.82. The zero-order chi connectivity index (χ0) is 14.7. The minimum atomic E-state index is 0.0551. The van der Waals surface area contributed by atoms with Gasteiger partial charge in [-0.2, -0.15) is 5.10 Å². The monoisotopic (exact) mass is 296 g/mol. The lowest BCUT2D eigenvalue weighted by Crippen LogP contribution is -2.64. The molecule has 1 aromatic heterocycles. The standard InChI is InChI=1S/C17H20N4O/c22-17(13-2-1-3-15-14(13)6-18-20-15)19-16-11-4-10-5-12(16)9-21(7-10)8-11/h1-3,6,10-12,16H,4-5,7-9H2,(H,18,20)(H,19,22). The summed E-state index contributed by atoms with van der Waals surface area (Å²) in [7, 11) is 0. The summed E-state index contributed by atoms with van der Waals surface area (Å²) in [5.74, 6) is 2.19. The van der Waals surface area contributed by atoms with Crippen molar-refractivity contribution in [3.8, 4) is 0 Å². The molecule has 4 bridgehead atoms. The molecule has 2 atom stereocenters. The molecular weight excluding hydrogens is 276 g/mol. The van der Waals surface area contributed by atoms with Crippen molar-refractivity contribution < 1.29 is 4.79 Å². The van der Waals surface area contributed by atoms with Gasteiger partial charge in [-0.05, 0) is 42.7 Å². The number of carbonyl (C=O) groups excluding carboxylic acids is 1. The Morgan fingerprint density at radius 3 is 2.82 bits per heavy atom. The predicted molar refractivity (Wildman–Crippen MR) is 83.5 cm³/mol. The average molecular weight is 296 g/mol. The summed E-state index contributed by atoms with van der Waals surface area (Å²) in [5.41, 5.74) is 1.66. The summed E-state index contributed by atoms with van der Waals surface area (Å²) in [6, 6.07) is 6.11. The van der Waals surface area contributed by atoms with Crippen molar-refractivity contribution in [2.45, 2.75) is 18.9 Å². The second kappa shape index (κ2) is 4.56. The fraction of sp³-hybridized carbons (Fsp3) is 0.529. The SMILES string of the molecule is O=C(NC1C2CC3CC1CN(C3)C2)c1cccc2[nH]ncc12. The highest BCUT2D eigenvalue weighted by molar-refractivity contribution is 6.06. The van der Waals surface area contributed by atoms with Gasteiger partial charge in [-0.25, -0.2) is 0 Å². The molecule has 2 aromatic rings. The normalized spacial score (nSPS) is 35.9. The van der Waals surface area contributed by atoms with Gasteiger partial charge < -0.3 is 10.2 Å². The lowest BCUT2D eigenvalue weighted by molar-refractivity contribution is -0.0418.